The van der Waals surface area contributed by atoms with Gasteiger partial charge in [0.2, 0.25) is 0 Å². The summed E-state index contributed by atoms with van der Waals surface area (Å²) in [7, 11) is 0. The number of aromatic nitrogens is 6. The van der Waals surface area contributed by atoms with Gasteiger partial charge in [0.1, 0.15) is 22.6 Å². The highest BCUT2D eigenvalue weighted by molar-refractivity contribution is 6.01. The molecule has 1 fully saturated rings. The number of nitrogens with one attached hydrogen (secondary N) is 1. The van der Waals surface area contributed by atoms with Gasteiger partial charge in [-0.1, -0.05) is 0 Å². The molecule has 9 heteroatoms. The van der Waals surface area contributed by atoms with E-state index in [-0.39, 0.29) is 12.1 Å². The lowest BCUT2D eigenvalue weighted by Crippen LogP contribution is -2.42. The Bertz CT molecular complexity index is 1210. The van der Waals surface area contributed by atoms with Crippen molar-refractivity contribution in [2.24, 2.45) is 0 Å². The van der Waals surface area contributed by atoms with Crippen LogP contribution < -0.4 is 0 Å². The maximum atomic E-state index is 12.5. The maximum absolute atomic E-state index is 12.5. The number of aromatic amines is 1. The Hall–Kier alpha value is -3.36. The molecule has 162 valence electrons. The Morgan fingerprint density at radius 3 is 2.81 bits per heavy atom. The van der Waals surface area contributed by atoms with Crippen LogP contribution in [0, 0.1) is 0 Å². The van der Waals surface area contributed by atoms with Gasteiger partial charge in [0.25, 0.3) is 0 Å². The summed E-state index contributed by atoms with van der Waals surface area (Å²) >= 11 is 0. The zero-order valence-electron chi connectivity index (χ0n) is 18.1. The molecule has 0 radical (unpaired) electrons. The Labute approximate surface area is 180 Å². The lowest BCUT2D eigenvalue weighted by Gasteiger charge is -2.34. The van der Waals surface area contributed by atoms with Crippen LogP contribution in [0.2, 0.25) is 0 Å². The van der Waals surface area contributed by atoms with Crippen molar-refractivity contribution < 1.29 is 9.53 Å². The summed E-state index contributed by atoms with van der Waals surface area (Å²) in [4.78, 5) is 26.9. The summed E-state index contributed by atoms with van der Waals surface area (Å²) in [5, 5.41) is 5.42. The smallest absolute Gasteiger partial charge is 0.410 e. The lowest BCUT2D eigenvalue weighted by molar-refractivity contribution is 0.0189. The van der Waals surface area contributed by atoms with Crippen LogP contribution in [-0.4, -0.2) is 59.0 Å². The summed E-state index contributed by atoms with van der Waals surface area (Å²) in [5.41, 5.74) is 2.33. The number of likely N-dealkylation sites (tertiary alicyclic amines) is 1. The molecule has 0 atom stereocenters. The molecule has 5 rings (SSSR count). The van der Waals surface area contributed by atoms with Gasteiger partial charge < -0.3 is 19.2 Å². The molecule has 0 aromatic carbocycles. The van der Waals surface area contributed by atoms with Gasteiger partial charge in [-0.2, -0.15) is 5.10 Å². The average molecular weight is 422 g/mol. The van der Waals surface area contributed by atoms with Crippen LogP contribution >= 0.6 is 0 Å². The molecule has 4 aromatic heterocycles. The number of rotatable bonds is 3. The number of hydrogen-bond donors (Lipinski definition) is 1. The molecule has 5 heterocycles. The van der Waals surface area contributed by atoms with E-state index in [0.29, 0.717) is 19.6 Å². The number of hydrogen-bond acceptors (Lipinski definition) is 5. The fourth-order valence-corrected chi connectivity index (χ4v) is 4.32. The van der Waals surface area contributed by atoms with Crippen LogP contribution in [0.1, 0.15) is 45.5 Å². The van der Waals surface area contributed by atoms with E-state index < -0.39 is 5.60 Å². The average Bonchev–Trinajstić information content (AvgIpc) is 3.46. The number of carbonyl (C=O) groups excluding carboxylic acids is 1. The van der Waals surface area contributed by atoms with Crippen molar-refractivity contribution in [1.29, 1.82) is 0 Å². The fraction of sp³-hybridized carbons (Fsp3) is 0.455. The van der Waals surface area contributed by atoms with Crippen LogP contribution in [-0.2, 0) is 11.3 Å². The van der Waals surface area contributed by atoms with Crippen molar-refractivity contribution in [2.75, 3.05) is 13.1 Å². The number of piperidine rings is 1. The van der Waals surface area contributed by atoms with Gasteiger partial charge >= 0.3 is 6.09 Å². The first-order chi connectivity index (χ1) is 14.9. The SMILES string of the molecule is CC(C)(C)OC(=O)N1CCC(n2c(Cn3cccn3)nc3cnc4[nH]ccc4c32)CC1. The largest absolute Gasteiger partial charge is 0.444 e. The Morgan fingerprint density at radius 1 is 1.29 bits per heavy atom. The number of amides is 1. The maximum Gasteiger partial charge on any atom is 0.410 e. The van der Waals surface area contributed by atoms with Crippen LogP contribution in [0.4, 0.5) is 4.79 Å². The first-order valence-corrected chi connectivity index (χ1v) is 10.7. The van der Waals surface area contributed by atoms with Gasteiger partial charge in [-0.3, -0.25) is 4.68 Å². The predicted molar refractivity (Wildman–Crippen MR) is 117 cm³/mol. The molecule has 0 bridgehead atoms. The molecule has 0 saturated carbocycles. The van der Waals surface area contributed by atoms with Crippen molar-refractivity contribution in [3.63, 3.8) is 0 Å². The van der Waals surface area contributed by atoms with Crippen LogP contribution in [0.15, 0.2) is 36.9 Å². The van der Waals surface area contributed by atoms with E-state index >= 15 is 0 Å². The highest BCUT2D eigenvalue weighted by Crippen LogP contribution is 2.32. The fourth-order valence-electron chi connectivity index (χ4n) is 4.32. The molecular weight excluding hydrogens is 394 g/mol. The zero-order chi connectivity index (χ0) is 21.6. The van der Waals surface area contributed by atoms with E-state index in [0.717, 1.165) is 40.7 Å². The van der Waals surface area contributed by atoms with Crippen LogP contribution in [0.5, 0.6) is 0 Å². The Morgan fingerprint density at radius 2 is 2.10 bits per heavy atom. The monoisotopic (exact) mass is 421 g/mol. The standard InChI is InChI=1S/C22H27N7O2/c1-22(2,3)31-21(30)27-11-6-15(7-12-27)29-18(14-28-10-4-8-25-28)26-17-13-24-20-16(19(17)29)5-9-23-20/h4-5,8-10,13,15H,6-7,11-12,14H2,1-3H3,(H,23,24). The third-order valence-corrected chi connectivity index (χ3v) is 5.65. The predicted octanol–water partition coefficient (Wildman–Crippen LogP) is 3.73. The number of pyridine rings is 1. The van der Waals surface area contributed by atoms with Crippen molar-refractivity contribution in [2.45, 2.75) is 51.8 Å². The molecule has 1 amide bonds. The topological polar surface area (TPSA) is 93.9 Å². The molecule has 9 nitrogen and oxygen atoms in total. The van der Waals surface area contributed by atoms with Crippen molar-refractivity contribution in [3.05, 3.63) is 42.7 Å². The summed E-state index contributed by atoms with van der Waals surface area (Å²) in [6.07, 6.45) is 8.89. The van der Waals surface area contributed by atoms with Crippen LogP contribution in [0.25, 0.3) is 22.1 Å². The van der Waals surface area contributed by atoms with Crippen molar-refractivity contribution in [1.82, 2.24) is 34.2 Å². The van der Waals surface area contributed by atoms with Gasteiger partial charge in [-0.15, -0.1) is 0 Å². The molecular formula is C22H27N7O2. The molecule has 0 spiro atoms. The van der Waals surface area contributed by atoms with E-state index in [4.69, 9.17) is 9.72 Å². The van der Waals surface area contributed by atoms with E-state index in [1.165, 1.54) is 0 Å². The van der Waals surface area contributed by atoms with Crippen LogP contribution in [0.3, 0.4) is 0 Å². The summed E-state index contributed by atoms with van der Waals surface area (Å²) in [5.74, 6) is 0.949. The zero-order valence-corrected chi connectivity index (χ0v) is 18.1. The number of imidazole rings is 1. The molecule has 31 heavy (non-hydrogen) atoms. The minimum atomic E-state index is -0.488. The number of ether oxygens (including phenoxy) is 1. The highest BCUT2D eigenvalue weighted by Gasteiger charge is 2.30. The number of carbonyl (C=O) groups is 1. The molecule has 1 saturated heterocycles. The van der Waals surface area contributed by atoms with E-state index in [2.05, 4.69) is 25.7 Å². The van der Waals surface area contributed by atoms with Gasteiger partial charge in [-0.05, 0) is 45.7 Å². The molecule has 1 aliphatic heterocycles. The minimum Gasteiger partial charge on any atom is -0.444 e. The number of nitrogens with zero attached hydrogens (tertiary/aromatic N) is 6. The third kappa shape index (κ3) is 3.75. The Kier molecular flexibility index (Phi) is 4.68. The summed E-state index contributed by atoms with van der Waals surface area (Å²) in [6, 6.07) is 4.20. The first kappa shape index (κ1) is 19.6. The minimum absolute atomic E-state index is 0.231. The normalized spacial score (nSPS) is 15.8. The molecule has 1 N–H and O–H groups in total. The molecule has 4 aromatic rings. The van der Waals surface area contributed by atoms with Gasteiger partial charge in [-0.25, -0.2) is 14.8 Å². The summed E-state index contributed by atoms with van der Waals surface area (Å²) in [6.45, 7) is 7.58. The molecule has 1 aliphatic rings. The second-order valence-corrected chi connectivity index (χ2v) is 9.03. The van der Waals surface area contributed by atoms with Crippen molar-refractivity contribution in [3.8, 4) is 0 Å². The second-order valence-electron chi connectivity index (χ2n) is 9.03. The quantitative estimate of drug-likeness (QED) is 0.544. The molecule has 0 unspecified atom stereocenters. The Balaban J connectivity index is 1.48. The first-order valence-electron chi connectivity index (χ1n) is 10.7. The second kappa shape index (κ2) is 7.40. The number of H-pyrrole nitrogens is 1. The summed E-state index contributed by atoms with van der Waals surface area (Å²) < 4.78 is 9.78. The van der Waals surface area contributed by atoms with E-state index in [1.807, 2.05) is 55.0 Å². The van der Waals surface area contributed by atoms with E-state index in [1.54, 1.807) is 6.20 Å². The van der Waals surface area contributed by atoms with Crippen molar-refractivity contribution >= 4 is 28.2 Å². The molecule has 0 aliphatic carbocycles. The van der Waals surface area contributed by atoms with Gasteiger partial charge in [0.05, 0.1) is 18.3 Å². The highest BCUT2D eigenvalue weighted by atomic mass is 16.6. The van der Waals surface area contributed by atoms with E-state index in [9.17, 15) is 4.79 Å². The van der Waals surface area contributed by atoms with Gasteiger partial charge in [0, 0.05) is 43.1 Å². The lowest BCUT2D eigenvalue weighted by atomic mass is 10.0. The third-order valence-electron chi connectivity index (χ3n) is 5.65. The number of fused-ring (bicyclic) bond motifs is 3. The van der Waals surface area contributed by atoms with Gasteiger partial charge in [0.15, 0.2) is 0 Å².